The van der Waals surface area contributed by atoms with E-state index in [0.717, 1.165) is 37.3 Å². The first-order valence-electron chi connectivity index (χ1n) is 7.02. The monoisotopic (exact) mass is 363 g/mol. The van der Waals surface area contributed by atoms with Crippen LogP contribution in [0.4, 0.5) is 17.6 Å². The topological polar surface area (TPSA) is 89.0 Å². The van der Waals surface area contributed by atoms with Crippen LogP contribution in [-0.2, 0) is 9.59 Å². The van der Waals surface area contributed by atoms with Crippen LogP contribution in [0.5, 0.6) is 11.5 Å². The first kappa shape index (κ1) is 18.5. The summed E-state index contributed by atoms with van der Waals surface area (Å²) in [7, 11) is 0. The maximum Gasteiger partial charge on any atom is 0.387 e. The number of carbonyl (C=O) groups is 2. The zero-order chi connectivity index (χ0) is 18.4. The molecule has 1 fully saturated rings. The van der Waals surface area contributed by atoms with Crippen LogP contribution in [0.15, 0.2) is 23.3 Å². The smallest absolute Gasteiger partial charge is 0.387 e. The number of ether oxygens (including phenoxy) is 2. The highest BCUT2D eigenvalue weighted by Crippen LogP contribution is 2.26. The molecule has 1 aliphatic rings. The minimum Gasteiger partial charge on any atom is -0.435 e. The Morgan fingerprint density at radius 3 is 2.40 bits per heavy atom. The number of carbonyl (C=O) groups excluding carboxylic acids is 2. The second kappa shape index (κ2) is 8.31. The van der Waals surface area contributed by atoms with Crippen LogP contribution in [0.2, 0.25) is 0 Å². The molecule has 0 unspecified atom stereocenters. The average Bonchev–Trinajstić information content (AvgIpc) is 3.32. The van der Waals surface area contributed by atoms with Gasteiger partial charge in [-0.2, -0.15) is 22.7 Å². The van der Waals surface area contributed by atoms with Gasteiger partial charge in [-0.1, -0.05) is 0 Å². The fourth-order valence-corrected chi connectivity index (χ4v) is 1.69. The molecule has 7 nitrogen and oxygen atoms in total. The molecule has 0 spiro atoms. The van der Waals surface area contributed by atoms with Gasteiger partial charge in [0.1, 0.15) is 11.5 Å². The molecule has 2 N–H and O–H groups in total. The van der Waals surface area contributed by atoms with Crippen molar-refractivity contribution in [1.29, 1.82) is 0 Å². The third kappa shape index (κ3) is 6.28. The third-order valence-electron chi connectivity index (χ3n) is 2.91. The number of nitrogens with zero attached hydrogens (tertiary/aromatic N) is 1. The minimum absolute atomic E-state index is 0.0179. The van der Waals surface area contributed by atoms with Crippen molar-refractivity contribution < 1.29 is 36.6 Å². The molecular formula is C14H13F4N3O4. The summed E-state index contributed by atoms with van der Waals surface area (Å²) in [6, 6.07) is 3.00. The van der Waals surface area contributed by atoms with E-state index >= 15 is 0 Å². The molecule has 2 rings (SSSR count). The summed E-state index contributed by atoms with van der Waals surface area (Å²) in [5, 5.41) is 5.88. The van der Waals surface area contributed by atoms with Crippen molar-refractivity contribution in [2.24, 2.45) is 5.10 Å². The van der Waals surface area contributed by atoms with Crippen molar-refractivity contribution in [3.05, 3.63) is 23.8 Å². The lowest BCUT2D eigenvalue weighted by Gasteiger charge is -2.10. The Balaban J connectivity index is 2.02. The second-order valence-corrected chi connectivity index (χ2v) is 4.90. The van der Waals surface area contributed by atoms with E-state index in [1.165, 1.54) is 0 Å². The SMILES string of the molecule is O=C(N/N=C\c1ccc(OC(F)F)cc1OC(F)F)C(=O)NC1CC1. The fraction of sp³-hybridized carbons (Fsp3) is 0.357. The molecule has 136 valence electrons. The van der Waals surface area contributed by atoms with E-state index < -0.39 is 36.5 Å². The number of halogens is 4. The van der Waals surface area contributed by atoms with Gasteiger partial charge in [0.25, 0.3) is 0 Å². The predicted octanol–water partition coefficient (Wildman–Crippen LogP) is 1.62. The van der Waals surface area contributed by atoms with Crippen LogP contribution < -0.4 is 20.2 Å². The number of hydrazone groups is 1. The Hall–Kier alpha value is -2.85. The number of nitrogens with one attached hydrogen (secondary N) is 2. The lowest BCUT2D eigenvalue weighted by atomic mass is 10.2. The lowest BCUT2D eigenvalue weighted by molar-refractivity contribution is -0.139. The number of amides is 2. The average molecular weight is 363 g/mol. The van der Waals surface area contributed by atoms with Gasteiger partial charge in [-0.3, -0.25) is 9.59 Å². The van der Waals surface area contributed by atoms with E-state index in [4.69, 9.17) is 0 Å². The van der Waals surface area contributed by atoms with Crippen molar-refractivity contribution in [2.45, 2.75) is 32.1 Å². The van der Waals surface area contributed by atoms with Gasteiger partial charge in [0, 0.05) is 17.7 Å². The van der Waals surface area contributed by atoms with Crippen molar-refractivity contribution in [1.82, 2.24) is 10.7 Å². The van der Waals surface area contributed by atoms with Crippen LogP contribution in [-0.4, -0.2) is 37.3 Å². The van der Waals surface area contributed by atoms with Crippen molar-refractivity contribution in [2.75, 3.05) is 0 Å². The standard InChI is InChI=1S/C14H13F4N3O4/c15-13(16)24-9-4-1-7(10(5-9)25-14(17)18)6-19-21-12(23)11(22)20-8-2-3-8/h1,4-6,8,13-14H,2-3H2,(H,20,22)(H,21,23)/b19-6-. The summed E-state index contributed by atoms with van der Waals surface area (Å²) < 4.78 is 57.4. The molecule has 25 heavy (non-hydrogen) atoms. The van der Waals surface area contributed by atoms with E-state index in [2.05, 4.69) is 19.9 Å². The highest BCUT2D eigenvalue weighted by molar-refractivity contribution is 6.35. The second-order valence-electron chi connectivity index (χ2n) is 4.90. The maximum absolute atomic E-state index is 12.4. The van der Waals surface area contributed by atoms with Crippen molar-refractivity contribution in [3.8, 4) is 11.5 Å². The molecule has 0 radical (unpaired) electrons. The van der Waals surface area contributed by atoms with Crippen LogP contribution >= 0.6 is 0 Å². The number of alkyl halides is 4. The van der Waals surface area contributed by atoms with E-state index in [9.17, 15) is 27.2 Å². The highest BCUT2D eigenvalue weighted by Gasteiger charge is 2.26. The lowest BCUT2D eigenvalue weighted by Crippen LogP contribution is -2.38. The van der Waals surface area contributed by atoms with Gasteiger partial charge in [-0.15, -0.1) is 0 Å². The molecule has 1 aliphatic carbocycles. The van der Waals surface area contributed by atoms with Gasteiger partial charge in [0.05, 0.1) is 6.21 Å². The largest absolute Gasteiger partial charge is 0.435 e. The fourth-order valence-electron chi connectivity index (χ4n) is 1.69. The molecule has 11 heteroatoms. The van der Waals surface area contributed by atoms with E-state index in [1.807, 2.05) is 5.43 Å². The molecule has 0 aliphatic heterocycles. The Labute approximate surface area is 139 Å². The highest BCUT2D eigenvalue weighted by atomic mass is 19.3. The molecule has 1 aromatic carbocycles. The van der Waals surface area contributed by atoms with Crippen LogP contribution in [0.25, 0.3) is 0 Å². The Bertz CT molecular complexity index is 665. The van der Waals surface area contributed by atoms with Crippen LogP contribution in [0.1, 0.15) is 18.4 Å². The number of benzene rings is 1. The Kier molecular flexibility index (Phi) is 6.14. The van der Waals surface area contributed by atoms with Crippen molar-refractivity contribution >= 4 is 18.0 Å². The molecule has 0 aromatic heterocycles. The minimum atomic E-state index is -3.21. The Morgan fingerprint density at radius 2 is 1.80 bits per heavy atom. The summed E-state index contributed by atoms with van der Waals surface area (Å²) >= 11 is 0. The number of rotatable bonds is 7. The molecule has 0 atom stereocenters. The summed E-state index contributed by atoms with van der Waals surface area (Å²) in [5.74, 6) is -2.79. The van der Waals surface area contributed by atoms with Gasteiger partial charge in [0.2, 0.25) is 0 Å². The van der Waals surface area contributed by atoms with E-state index in [0.29, 0.717) is 0 Å². The van der Waals surface area contributed by atoms with E-state index in [-0.39, 0.29) is 11.6 Å². The number of hydrogen-bond acceptors (Lipinski definition) is 5. The van der Waals surface area contributed by atoms with Crippen molar-refractivity contribution in [3.63, 3.8) is 0 Å². The summed E-state index contributed by atoms with van der Waals surface area (Å²) in [6.07, 6.45) is 2.51. The quantitative estimate of drug-likeness (QED) is 0.333. The molecular weight excluding hydrogens is 350 g/mol. The zero-order valence-electron chi connectivity index (χ0n) is 12.5. The van der Waals surface area contributed by atoms with Crippen LogP contribution in [0, 0.1) is 0 Å². The number of hydrogen-bond donors (Lipinski definition) is 2. The maximum atomic E-state index is 12.4. The Morgan fingerprint density at radius 1 is 1.12 bits per heavy atom. The van der Waals surface area contributed by atoms with Gasteiger partial charge in [-0.25, -0.2) is 5.43 Å². The van der Waals surface area contributed by atoms with Gasteiger partial charge < -0.3 is 14.8 Å². The first-order chi connectivity index (χ1) is 11.8. The third-order valence-corrected chi connectivity index (χ3v) is 2.91. The summed E-state index contributed by atoms with van der Waals surface area (Å²) in [4.78, 5) is 22.8. The summed E-state index contributed by atoms with van der Waals surface area (Å²) in [6.45, 7) is -6.35. The predicted molar refractivity (Wildman–Crippen MR) is 76.6 cm³/mol. The molecule has 0 bridgehead atoms. The molecule has 2 amide bonds. The first-order valence-corrected chi connectivity index (χ1v) is 7.02. The molecule has 1 aromatic rings. The normalized spacial score (nSPS) is 14.0. The molecule has 0 saturated heterocycles. The molecule has 1 saturated carbocycles. The van der Waals surface area contributed by atoms with Crippen LogP contribution in [0.3, 0.4) is 0 Å². The molecule has 0 heterocycles. The zero-order valence-corrected chi connectivity index (χ0v) is 12.5. The summed E-state index contributed by atoms with van der Waals surface area (Å²) in [5.41, 5.74) is 1.86. The van der Waals surface area contributed by atoms with Gasteiger partial charge >= 0.3 is 25.0 Å². The van der Waals surface area contributed by atoms with Gasteiger partial charge in [0.15, 0.2) is 0 Å². The van der Waals surface area contributed by atoms with E-state index in [1.54, 1.807) is 0 Å². The van der Waals surface area contributed by atoms with Gasteiger partial charge in [-0.05, 0) is 25.0 Å².